The molecule has 0 radical (unpaired) electrons. The highest BCUT2D eigenvalue weighted by atomic mass is 15.2. The Morgan fingerprint density at radius 3 is 2.57 bits per heavy atom. The normalized spacial score (nSPS) is 13.6. The molecule has 148 valence electrons. The number of aliphatic imine (C=N–C) groups is 1. The molecule has 1 aromatic rings. The summed E-state index contributed by atoms with van der Waals surface area (Å²) in [5.41, 5.74) is 8.00. The quantitative estimate of drug-likeness (QED) is 0.586. The molecule has 0 fully saturated rings. The van der Waals surface area contributed by atoms with Gasteiger partial charge in [0, 0.05) is 30.7 Å². The second kappa shape index (κ2) is 9.27. The van der Waals surface area contributed by atoms with Crippen LogP contribution in [0.15, 0.2) is 84.1 Å². The van der Waals surface area contributed by atoms with Gasteiger partial charge in [-0.2, -0.15) is 0 Å². The second-order valence-corrected chi connectivity index (χ2v) is 7.24. The van der Waals surface area contributed by atoms with E-state index in [1.165, 1.54) is 5.56 Å². The molecular weight excluding hydrogens is 344 g/mol. The fourth-order valence-corrected chi connectivity index (χ4v) is 2.94. The zero-order valence-electron chi connectivity index (χ0n) is 17.7. The predicted octanol–water partition coefficient (Wildman–Crippen LogP) is 5.64. The number of benzene rings is 1. The third-order valence-electron chi connectivity index (χ3n) is 4.69. The smallest absolute Gasteiger partial charge is 0.126 e. The molecule has 0 bridgehead atoms. The highest BCUT2D eigenvalue weighted by Gasteiger charge is 2.17. The van der Waals surface area contributed by atoms with Gasteiger partial charge in [0.2, 0.25) is 0 Å². The van der Waals surface area contributed by atoms with E-state index in [0.717, 1.165) is 52.5 Å². The van der Waals surface area contributed by atoms with Gasteiger partial charge in [0.25, 0.3) is 0 Å². The molecule has 0 amide bonds. The molecule has 0 atom stereocenters. The van der Waals surface area contributed by atoms with E-state index < -0.39 is 0 Å². The summed E-state index contributed by atoms with van der Waals surface area (Å²) in [6.45, 7) is 23.2. The molecule has 2 N–H and O–H groups in total. The summed E-state index contributed by atoms with van der Waals surface area (Å²) in [4.78, 5) is 6.47. The Morgan fingerprint density at radius 2 is 1.93 bits per heavy atom. The summed E-state index contributed by atoms with van der Waals surface area (Å²) in [7, 11) is 1.94. The Hall–Kier alpha value is -3.01. The number of nitrogens with zero attached hydrogens (tertiary/aromatic N) is 2. The Kier molecular flexibility index (Phi) is 7.05. The van der Waals surface area contributed by atoms with Crippen LogP contribution in [0, 0.1) is 6.92 Å². The van der Waals surface area contributed by atoms with Gasteiger partial charge in [-0.05, 0) is 49.1 Å². The molecule has 1 heterocycles. The Bertz CT molecular complexity index is 871. The molecule has 0 unspecified atom stereocenters. The number of rotatable bonds is 9. The van der Waals surface area contributed by atoms with E-state index in [4.69, 9.17) is 0 Å². The highest BCUT2D eigenvalue weighted by Crippen LogP contribution is 2.23. The van der Waals surface area contributed by atoms with Gasteiger partial charge in [0.05, 0.1) is 11.4 Å². The first-order valence-corrected chi connectivity index (χ1v) is 9.59. The van der Waals surface area contributed by atoms with Crippen LogP contribution in [-0.2, 0) is 6.54 Å². The average Bonchev–Trinajstić information content (AvgIpc) is 2.64. The van der Waals surface area contributed by atoms with Crippen molar-refractivity contribution >= 4 is 11.4 Å². The van der Waals surface area contributed by atoms with Crippen LogP contribution in [0.3, 0.4) is 0 Å². The van der Waals surface area contributed by atoms with E-state index in [1.807, 2.05) is 24.9 Å². The molecule has 1 aliphatic rings. The fourth-order valence-electron chi connectivity index (χ4n) is 2.94. The minimum atomic E-state index is 0.658. The van der Waals surface area contributed by atoms with Crippen molar-refractivity contribution in [1.82, 2.24) is 10.2 Å². The van der Waals surface area contributed by atoms with Gasteiger partial charge in [0.1, 0.15) is 5.82 Å². The van der Waals surface area contributed by atoms with E-state index >= 15 is 0 Å². The second-order valence-electron chi connectivity index (χ2n) is 7.24. The minimum Gasteiger partial charge on any atom is -0.380 e. The number of nitrogens with one attached hydrogen (secondary N) is 2. The van der Waals surface area contributed by atoms with Crippen molar-refractivity contribution in [3.63, 3.8) is 0 Å². The predicted molar refractivity (Wildman–Crippen MR) is 122 cm³/mol. The van der Waals surface area contributed by atoms with Gasteiger partial charge in [-0.25, -0.2) is 4.99 Å². The molecule has 0 aromatic heterocycles. The van der Waals surface area contributed by atoms with Crippen LogP contribution in [0.5, 0.6) is 0 Å². The first kappa shape index (κ1) is 21.3. The van der Waals surface area contributed by atoms with Crippen LogP contribution < -0.4 is 10.6 Å². The first-order valence-electron chi connectivity index (χ1n) is 9.59. The van der Waals surface area contributed by atoms with Crippen molar-refractivity contribution in [2.24, 2.45) is 4.99 Å². The largest absolute Gasteiger partial charge is 0.380 e. The number of anilines is 1. The van der Waals surface area contributed by atoms with Gasteiger partial charge >= 0.3 is 0 Å². The number of hydrogen-bond donors (Lipinski definition) is 2. The molecule has 1 aliphatic heterocycles. The molecule has 28 heavy (non-hydrogen) atoms. The van der Waals surface area contributed by atoms with Crippen LogP contribution in [0.25, 0.3) is 0 Å². The molecule has 4 nitrogen and oxygen atoms in total. The fraction of sp³-hybridized carbons (Fsp3) is 0.292. The van der Waals surface area contributed by atoms with Crippen LogP contribution in [-0.4, -0.2) is 17.7 Å². The van der Waals surface area contributed by atoms with Crippen LogP contribution in [0.2, 0.25) is 0 Å². The molecule has 0 aliphatic carbocycles. The van der Waals surface area contributed by atoms with Crippen molar-refractivity contribution in [2.45, 2.75) is 40.2 Å². The lowest BCUT2D eigenvalue weighted by Gasteiger charge is -2.27. The van der Waals surface area contributed by atoms with Crippen LogP contribution >= 0.6 is 0 Å². The first-order chi connectivity index (χ1) is 13.2. The van der Waals surface area contributed by atoms with Gasteiger partial charge in [-0.3, -0.25) is 0 Å². The lowest BCUT2D eigenvalue weighted by molar-refractivity contribution is 0.520. The Morgan fingerprint density at radius 1 is 1.21 bits per heavy atom. The number of likely N-dealkylation sites (N-methyl/N-ethyl adjacent to an activating group) is 1. The summed E-state index contributed by atoms with van der Waals surface area (Å²) < 4.78 is 0. The summed E-state index contributed by atoms with van der Waals surface area (Å²) in [5.74, 6) is 0.676. The van der Waals surface area contributed by atoms with Crippen molar-refractivity contribution in [3.05, 3.63) is 90.2 Å². The SMILES string of the molecule is C=C(CCC)Nc1cc(CNC(=C)C2=NC(=C)N(C)C(C(=C)C)=C2)ccc1C. The average molecular weight is 377 g/mol. The lowest BCUT2D eigenvalue weighted by Crippen LogP contribution is -2.26. The van der Waals surface area contributed by atoms with Crippen molar-refractivity contribution in [3.8, 4) is 0 Å². The van der Waals surface area contributed by atoms with E-state index in [9.17, 15) is 0 Å². The molecule has 0 saturated carbocycles. The molecule has 0 spiro atoms. The van der Waals surface area contributed by atoms with Gasteiger partial charge in [-0.15, -0.1) is 0 Å². The third-order valence-corrected chi connectivity index (χ3v) is 4.69. The summed E-state index contributed by atoms with van der Waals surface area (Å²) in [6, 6.07) is 6.39. The van der Waals surface area contributed by atoms with E-state index in [2.05, 4.69) is 74.0 Å². The maximum Gasteiger partial charge on any atom is 0.126 e. The monoisotopic (exact) mass is 376 g/mol. The standard InChI is InChI=1S/C24H32N4/c1-9-10-18(5)26-22-13-21(12-11-17(22)4)15-25-19(6)23-14-24(16(2)3)28(8)20(7)27-23/h11-14,25-26H,2,5-7,9-10,15H2,1,3-4,8H3. The number of allylic oxidation sites excluding steroid dienone is 3. The molecule has 4 heteroatoms. The molecule has 2 rings (SSSR count). The van der Waals surface area contributed by atoms with Crippen LogP contribution in [0.4, 0.5) is 5.69 Å². The topological polar surface area (TPSA) is 39.7 Å². The molecule has 1 aromatic carbocycles. The van der Waals surface area contributed by atoms with Gasteiger partial charge in [-0.1, -0.05) is 51.8 Å². The van der Waals surface area contributed by atoms with Crippen molar-refractivity contribution < 1.29 is 0 Å². The summed E-state index contributed by atoms with van der Waals surface area (Å²) in [6.07, 6.45) is 4.03. The maximum absolute atomic E-state index is 4.54. The number of aryl methyl sites for hydroxylation is 1. The minimum absolute atomic E-state index is 0.658. The van der Waals surface area contributed by atoms with Gasteiger partial charge < -0.3 is 15.5 Å². The number of hydrogen-bond acceptors (Lipinski definition) is 4. The Balaban J connectivity index is 2.08. The van der Waals surface area contributed by atoms with Gasteiger partial charge in [0.15, 0.2) is 0 Å². The zero-order valence-corrected chi connectivity index (χ0v) is 17.7. The molecular formula is C24H32N4. The third kappa shape index (κ3) is 5.26. The van der Waals surface area contributed by atoms with E-state index in [0.29, 0.717) is 12.4 Å². The van der Waals surface area contributed by atoms with Crippen molar-refractivity contribution in [2.75, 3.05) is 12.4 Å². The maximum atomic E-state index is 4.54. The Labute approximate surface area is 169 Å². The van der Waals surface area contributed by atoms with E-state index in [1.54, 1.807) is 0 Å². The summed E-state index contributed by atoms with van der Waals surface area (Å²) in [5, 5.41) is 6.81. The van der Waals surface area contributed by atoms with Crippen molar-refractivity contribution in [1.29, 1.82) is 0 Å². The van der Waals surface area contributed by atoms with E-state index in [-0.39, 0.29) is 0 Å². The highest BCUT2D eigenvalue weighted by molar-refractivity contribution is 6.09. The van der Waals surface area contributed by atoms with Crippen LogP contribution in [0.1, 0.15) is 37.8 Å². The molecule has 0 saturated heterocycles. The summed E-state index contributed by atoms with van der Waals surface area (Å²) >= 11 is 0. The zero-order chi connectivity index (χ0) is 20.8. The lowest BCUT2D eigenvalue weighted by atomic mass is 10.1.